The second kappa shape index (κ2) is 7.56. The fourth-order valence-electron chi connectivity index (χ4n) is 2.25. The van der Waals surface area contributed by atoms with Gasteiger partial charge in [-0.15, -0.1) is 10.2 Å². The molecular formula is C18H17N3O5. The molecule has 0 aliphatic rings. The molecule has 1 aromatic heterocycles. The predicted molar refractivity (Wildman–Crippen MR) is 93.8 cm³/mol. The molecule has 0 unspecified atom stereocenters. The van der Waals surface area contributed by atoms with Gasteiger partial charge in [0.25, 0.3) is 0 Å². The van der Waals surface area contributed by atoms with Crippen LogP contribution in [-0.2, 0) is 0 Å². The molecule has 0 saturated carbocycles. The number of anilines is 1. The van der Waals surface area contributed by atoms with E-state index in [9.17, 15) is 4.79 Å². The summed E-state index contributed by atoms with van der Waals surface area (Å²) in [6, 6.07) is 12.1. The van der Waals surface area contributed by atoms with Crippen LogP contribution in [0.1, 0.15) is 10.7 Å². The lowest BCUT2D eigenvalue weighted by molar-refractivity contribution is 0.0990. The topological polar surface area (TPSA) is 95.7 Å². The van der Waals surface area contributed by atoms with Gasteiger partial charge >= 0.3 is 11.8 Å². The average molecular weight is 355 g/mol. The van der Waals surface area contributed by atoms with Gasteiger partial charge in [0.15, 0.2) is 0 Å². The van der Waals surface area contributed by atoms with Crippen molar-refractivity contribution in [1.29, 1.82) is 0 Å². The van der Waals surface area contributed by atoms with Gasteiger partial charge in [-0.25, -0.2) is 0 Å². The smallest absolute Gasteiger partial charge is 0.313 e. The van der Waals surface area contributed by atoms with Crippen molar-refractivity contribution in [3.63, 3.8) is 0 Å². The van der Waals surface area contributed by atoms with Gasteiger partial charge in [0, 0.05) is 11.6 Å². The molecule has 2 aromatic carbocycles. The first-order valence-corrected chi connectivity index (χ1v) is 7.66. The Morgan fingerprint density at radius 3 is 2.27 bits per heavy atom. The molecule has 1 N–H and O–H groups in total. The number of nitrogens with one attached hydrogen (secondary N) is 1. The molecule has 8 heteroatoms. The molecule has 1 amide bonds. The van der Waals surface area contributed by atoms with Gasteiger partial charge in [-0.2, -0.15) is 0 Å². The van der Waals surface area contributed by atoms with Crippen molar-refractivity contribution in [3.8, 4) is 28.7 Å². The summed E-state index contributed by atoms with van der Waals surface area (Å²) in [5, 5.41) is 10.4. The standard InChI is InChI=1S/C18H17N3O5/c1-23-12-6-4-11(5-7-12)17-20-21-18(26-17)16(22)19-14-10-13(24-2)8-9-15(14)25-3/h4-10H,1-3H3,(H,19,22). The largest absolute Gasteiger partial charge is 0.497 e. The molecule has 0 atom stereocenters. The molecule has 0 fully saturated rings. The second-order valence-electron chi connectivity index (χ2n) is 5.16. The van der Waals surface area contributed by atoms with E-state index in [2.05, 4.69) is 15.5 Å². The predicted octanol–water partition coefficient (Wildman–Crippen LogP) is 3.01. The minimum Gasteiger partial charge on any atom is -0.497 e. The highest BCUT2D eigenvalue weighted by molar-refractivity contribution is 6.02. The molecular weight excluding hydrogens is 338 g/mol. The van der Waals surface area contributed by atoms with Gasteiger partial charge in [0.2, 0.25) is 5.89 Å². The minimum atomic E-state index is -0.552. The van der Waals surface area contributed by atoms with Crippen LogP contribution < -0.4 is 19.5 Å². The average Bonchev–Trinajstić information content (AvgIpc) is 3.18. The third-order valence-corrected chi connectivity index (χ3v) is 3.61. The Kier molecular flexibility index (Phi) is 5.02. The van der Waals surface area contributed by atoms with Gasteiger partial charge in [0.1, 0.15) is 17.2 Å². The number of carbonyl (C=O) groups is 1. The Balaban J connectivity index is 1.80. The van der Waals surface area contributed by atoms with Crippen LogP contribution in [0.5, 0.6) is 17.2 Å². The Hall–Kier alpha value is -3.55. The van der Waals surface area contributed by atoms with Crippen LogP contribution >= 0.6 is 0 Å². The maximum absolute atomic E-state index is 12.4. The van der Waals surface area contributed by atoms with Crippen molar-refractivity contribution in [1.82, 2.24) is 10.2 Å². The molecule has 0 aliphatic carbocycles. The quantitative estimate of drug-likeness (QED) is 0.726. The van der Waals surface area contributed by atoms with Crippen molar-refractivity contribution in [2.24, 2.45) is 0 Å². The molecule has 0 saturated heterocycles. The van der Waals surface area contributed by atoms with Crippen molar-refractivity contribution in [2.45, 2.75) is 0 Å². The molecule has 1 heterocycles. The first-order valence-electron chi connectivity index (χ1n) is 7.66. The highest BCUT2D eigenvalue weighted by Crippen LogP contribution is 2.29. The minimum absolute atomic E-state index is 0.166. The van der Waals surface area contributed by atoms with E-state index in [1.165, 1.54) is 14.2 Å². The molecule has 0 bridgehead atoms. The summed E-state index contributed by atoms with van der Waals surface area (Å²) in [6.07, 6.45) is 0. The molecule has 0 radical (unpaired) electrons. The number of aromatic nitrogens is 2. The van der Waals surface area contributed by atoms with Gasteiger partial charge < -0.3 is 23.9 Å². The maximum Gasteiger partial charge on any atom is 0.313 e. The number of hydrogen-bond donors (Lipinski definition) is 1. The lowest BCUT2D eigenvalue weighted by Gasteiger charge is -2.10. The van der Waals surface area contributed by atoms with Gasteiger partial charge in [-0.05, 0) is 36.4 Å². The number of rotatable bonds is 6. The zero-order valence-corrected chi connectivity index (χ0v) is 14.5. The van der Waals surface area contributed by atoms with E-state index < -0.39 is 5.91 Å². The number of amides is 1. The highest BCUT2D eigenvalue weighted by Gasteiger charge is 2.18. The van der Waals surface area contributed by atoms with Crippen LogP contribution in [0.2, 0.25) is 0 Å². The molecule has 3 rings (SSSR count). The van der Waals surface area contributed by atoms with Crippen LogP contribution in [0, 0.1) is 0 Å². The van der Waals surface area contributed by atoms with Gasteiger partial charge in [0.05, 0.1) is 27.0 Å². The van der Waals surface area contributed by atoms with Crippen molar-refractivity contribution < 1.29 is 23.4 Å². The summed E-state index contributed by atoms with van der Waals surface area (Å²) < 4.78 is 20.9. The molecule has 8 nitrogen and oxygen atoms in total. The van der Waals surface area contributed by atoms with Crippen molar-refractivity contribution in [3.05, 3.63) is 48.4 Å². The molecule has 134 valence electrons. The van der Waals surface area contributed by atoms with Crippen LogP contribution in [0.4, 0.5) is 5.69 Å². The van der Waals surface area contributed by atoms with E-state index in [4.69, 9.17) is 18.6 Å². The van der Waals surface area contributed by atoms with E-state index in [-0.39, 0.29) is 11.8 Å². The lowest BCUT2D eigenvalue weighted by Crippen LogP contribution is -2.13. The van der Waals surface area contributed by atoms with E-state index in [0.29, 0.717) is 28.5 Å². The molecule has 3 aromatic rings. The van der Waals surface area contributed by atoms with Crippen molar-refractivity contribution in [2.75, 3.05) is 26.6 Å². The van der Waals surface area contributed by atoms with Gasteiger partial charge in [-0.3, -0.25) is 4.79 Å². The fraction of sp³-hybridized carbons (Fsp3) is 0.167. The normalized spacial score (nSPS) is 10.3. The number of benzene rings is 2. The Morgan fingerprint density at radius 2 is 1.62 bits per heavy atom. The zero-order valence-electron chi connectivity index (χ0n) is 14.5. The third kappa shape index (κ3) is 3.59. The summed E-state index contributed by atoms with van der Waals surface area (Å²) >= 11 is 0. The number of hydrogen-bond acceptors (Lipinski definition) is 7. The molecule has 0 spiro atoms. The lowest BCUT2D eigenvalue weighted by atomic mass is 10.2. The first-order chi connectivity index (χ1) is 12.6. The fourth-order valence-corrected chi connectivity index (χ4v) is 2.25. The summed E-state index contributed by atoms with van der Waals surface area (Å²) in [4.78, 5) is 12.4. The van der Waals surface area contributed by atoms with Gasteiger partial charge in [-0.1, -0.05) is 0 Å². The number of methoxy groups -OCH3 is 3. The van der Waals surface area contributed by atoms with Crippen LogP contribution in [0.15, 0.2) is 46.9 Å². The van der Waals surface area contributed by atoms with Crippen LogP contribution in [-0.4, -0.2) is 37.4 Å². The Bertz CT molecular complexity index is 905. The zero-order chi connectivity index (χ0) is 18.5. The maximum atomic E-state index is 12.4. The van der Waals surface area contributed by atoms with E-state index in [1.807, 2.05) is 0 Å². The summed E-state index contributed by atoms with van der Waals surface area (Å²) in [5.41, 5.74) is 1.11. The second-order valence-corrected chi connectivity index (χ2v) is 5.16. The number of carbonyl (C=O) groups excluding carboxylic acids is 1. The van der Waals surface area contributed by atoms with E-state index in [0.717, 1.165) is 0 Å². The van der Waals surface area contributed by atoms with E-state index >= 15 is 0 Å². The first kappa shape index (κ1) is 17.3. The molecule has 0 aliphatic heterocycles. The summed E-state index contributed by atoms with van der Waals surface area (Å²) in [5.74, 6) is 1.27. The number of nitrogens with zero attached hydrogens (tertiary/aromatic N) is 2. The van der Waals surface area contributed by atoms with Crippen LogP contribution in [0.3, 0.4) is 0 Å². The Labute approximate surface area is 149 Å². The van der Waals surface area contributed by atoms with Crippen LogP contribution in [0.25, 0.3) is 11.5 Å². The third-order valence-electron chi connectivity index (χ3n) is 3.61. The SMILES string of the molecule is COc1ccc(-c2nnc(C(=O)Nc3cc(OC)ccc3OC)o2)cc1. The summed E-state index contributed by atoms with van der Waals surface area (Å²) in [7, 11) is 4.62. The highest BCUT2D eigenvalue weighted by atomic mass is 16.5. The van der Waals surface area contributed by atoms with E-state index in [1.54, 1.807) is 49.6 Å². The van der Waals surface area contributed by atoms with Crippen molar-refractivity contribution >= 4 is 11.6 Å². The number of ether oxygens (including phenoxy) is 3. The molecule has 26 heavy (non-hydrogen) atoms. The monoisotopic (exact) mass is 355 g/mol. The summed E-state index contributed by atoms with van der Waals surface area (Å²) in [6.45, 7) is 0. The Morgan fingerprint density at radius 1 is 0.923 bits per heavy atom.